The van der Waals surface area contributed by atoms with Crippen LogP contribution in [0.4, 0.5) is 10.1 Å². The van der Waals surface area contributed by atoms with Crippen molar-refractivity contribution in [2.75, 3.05) is 5.32 Å². The maximum Gasteiger partial charge on any atom is 0.247 e. The van der Waals surface area contributed by atoms with E-state index in [4.69, 9.17) is 5.73 Å². The third-order valence-electron chi connectivity index (χ3n) is 3.93. The largest absolute Gasteiger partial charge is 0.368 e. The summed E-state index contributed by atoms with van der Waals surface area (Å²) in [5.74, 6) is -0.810. The normalized spacial score (nSPS) is 20.1. The van der Waals surface area contributed by atoms with Crippen LogP contribution in [0.1, 0.15) is 17.5 Å². The summed E-state index contributed by atoms with van der Waals surface area (Å²) < 4.78 is 14.3. The smallest absolute Gasteiger partial charge is 0.247 e. The van der Waals surface area contributed by atoms with E-state index in [1.54, 1.807) is 12.1 Å². The molecule has 0 fully saturated rings. The topological polar surface area (TPSA) is 55.1 Å². The number of rotatable bonds is 3. The summed E-state index contributed by atoms with van der Waals surface area (Å²) >= 11 is 3.51. The van der Waals surface area contributed by atoms with Crippen LogP contribution in [0, 0.1) is 5.82 Å². The standard InChI is InChI=1S/C16H14BrFN2O/c17-14-6-2-5-13-12(14)7-8-16(13,15(19)21)20-11-4-1-3-10(18)9-11/h1-6,9,20H,7-8H2,(H2,19,21). The number of hydrogen-bond acceptors (Lipinski definition) is 2. The van der Waals surface area contributed by atoms with Gasteiger partial charge in [-0.05, 0) is 48.2 Å². The van der Waals surface area contributed by atoms with Crippen molar-refractivity contribution >= 4 is 27.5 Å². The van der Waals surface area contributed by atoms with E-state index in [1.165, 1.54) is 12.1 Å². The zero-order chi connectivity index (χ0) is 15.0. The zero-order valence-corrected chi connectivity index (χ0v) is 12.8. The molecule has 1 amide bonds. The number of anilines is 1. The van der Waals surface area contributed by atoms with Crippen molar-refractivity contribution in [3.05, 3.63) is 63.9 Å². The van der Waals surface area contributed by atoms with Crippen molar-refractivity contribution in [3.63, 3.8) is 0 Å². The maximum absolute atomic E-state index is 13.4. The number of primary amides is 1. The molecule has 1 aliphatic rings. The Morgan fingerprint density at radius 2 is 2.05 bits per heavy atom. The van der Waals surface area contributed by atoms with E-state index in [0.29, 0.717) is 12.1 Å². The van der Waals surface area contributed by atoms with E-state index in [2.05, 4.69) is 21.2 Å². The van der Waals surface area contributed by atoms with Gasteiger partial charge in [-0.15, -0.1) is 0 Å². The van der Waals surface area contributed by atoms with Gasteiger partial charge in [-0.3, -0.25) is 4.79 Å². The van der Waals surface area contributed by atoms with Gasteiger partial charge in [0, 0.05) is 10.2 Å². The Morgan fingerprint density at radius 3 is 2.76 bits per heavy atom. The summed E-state index contributed by atoms with van der Waals surface area (Å²) in [4.78, 5) is 12.1. The van der Waals surface area contributed by atoms with E-state index in [0.717, 1.165) is 22.0 Å². The molecule has 0 heterocycles. The lowest BCUT2D eigenvalue weighted by molar-refractivity contribution is -0.122. The molecule has 3 rings (SSSR count). The van der Waals surface area contributed by atoms with Crippen LogP contribution in [0.2, 0.25) is 0 Å². The Balaban J connectivity index is 2.08. The molecule has 0 aromatic heterocycles. The van der Waals surface area contributed by atoms with Gasteiger partial charge in [0.2, 0.25) is 5.91 Å². The molecule has 0 saturated carbocycles. The minimum Gasteiger partial charge on any atom is -0.368 e. The molecule has 0 aliphatic heterocycles. The highest BCUT2D eigenvalue weighted by atomic mass is 79.9. The molecule has 0 radical (unpaired) electrons. The van der Waals surface area contributed by atoms with E-state index in [1.807, 2.05) is 18.2 Å². The summed E-state index contributed by atoms with van der Waals surface area (Å²) in [6.45, 7) is 0. The summed E-state index contributed by atoms with van der Waals surface area (Å²) in [6, 6.07) is 11.8. The molecule has 3 N–H and O–H groups in total. The highest BCUT2D eigenvalue weighted by Crippen LogP contribution is 2.42. The van der Waals surface area contributed by atoms with Gasteiger partial charge in [0.05, 0.1) is 0 Å². The predicted molar refractivity (Wildman–Crippen MR) is 83.4 cm³/mol. The fourth-order valence-electron chi connectivity index (χ4n) is 2.92. The second-order valence-corrected chi connectivity index (χ2v) is 6.03. The molecule has 2 aromatic rings. The van der Waals surface area contributed by atoms with Gasteiger partial charge in [0.1, 0.15) is 11.4 Å². The number of fused-ring (bicyclic) bond motifs is 1. The molecule has 1 aliphatic carbocycles. The van der Waals surface area contributed by atoms with Crippen molar-refractivity contribution < 1.29 is 9.18 Å². The molecule has 1 unspecified atom stereocenters. The number of hydrogen-bond donors (Lipinski definition) is 2. The molecular weight excluding hydrogens is 335 g/mol. The fourth-order valence-corrected chi connectivity index (χ4v) is 3.48. The third-order valence-corrected chi connectivity index (χ3v) is 4.67. The minimum absolute atomic E-state index is 0.355. The summed E-state index contributed by atoms with van der Waals surface area (Å²) in [5, 5.41) is 3.14. The lowest BCUT2D eigenvalue weighted by atomic mass is 9.90. The molecule has 0 spiro atoms. The highest BCUT2D eigenvalue weighted by molar-refractivity contribution is 9.10. The molecule has 0 bridgehead atoms. The molecular formula is C16H14BrFN2O. The number of carbonyl (C=O) groups excluding carboxylic acids is 1. The molecule has 1 atom stereocenters. The second kappa shape index (κ2) is 5.15. The van der Waals surface area contributed by atoms with E-state index in [9.17, 15) is 9.18 Å². The predicted octanol–water partition coefficient (Wildman–Crippen LogP) is 3.33. The van der Waals surface area contributed by atoms with E-state index >= 15 is 0 Å². The Labute approximate surface area is 130 Å². The van der Waals surface area contributed by atoms with Gasteiger partial charge in [0.25, 0.3) is 0 Å². The first kappa shape index (κ1) is 14.1. The van der Waals surface area contributed by atoms with Crippen LogP contribution in [0.3, 0.4) is 0 Å². The molecule has 21 heavy (non-hydrogen) atoms. The minimum atomic E-state index is -0.993. The summed E-state index contributed by atoms with van der Waals surface area (Å²) in [7, 11) is 0. The molecule has 3 nitrogen and oxygen atoms in total. The molecule has 0 saturated heterocycles. The second-order valence-electron chi connectivity index (χ2n) is 5.17. The van der Waals surface area contributed by atoms with Crippen LogP contribution < -0.4 is 11.1 Å². The number of halogens is 2. The SMILES string of the molecule is NC(=O)C1(Nc2cccc(F)c2)CCc2c(Br)cccc21. The van der Waals surface area contributed by atoms with Gasteiger partial charge in [-0.1, -0.05) is 34.1 Å². The highest BCUT2D eigenvalue weighted by Gasteiger charge is 2.44. The van der Waals surface area contributed by atoms with Gasteiger partial charge >= 0.3 is 0 Å². The van der Waals surface area contributed by atoms with Crippen molar-refractivity contribution in [3.8, 4) is 0 Å². The quantitative estimate of drug-likeness (QED) is 0.893. The molecule has 5 heteroatoms. The lowest BCUT2D eigenvalue weighted by Crippen LogP contribution is -2.46. The monoisotopic (exact) mass is 348 g/mol. The Bertz CT molecular complexity index is 719. The Morgan fingerprint density at radius 1 is 1.29 bits per heavy atom. The van der Waals surface area contributed by atoms with Gasteiger partial charge < -0.3 is 11.1 Å². The number of benzene rings is 2. The lowest BCUT2D eigenvalue weighted by Gasteiger charge is -2.29. The number of nitrogens with one attached hydrogen (secondary N) is 1. The van der Waals surface area contributed by atoms with Crippen molar-refractivity contribution in [1.82, 2.24) is 0 Å². The first-order valence-corrected chi connectivity index (χ1v) is 7.44. The zero-order valence-electron chi connectivity index (χ0n) is 11.2. The average molecular weight is 349 g/mol. The van der Waals surface area contributed by atoms with Gasteiger partial charge in [-0.25, -0.2) is 4.39 Å². The van der Waals surface area contributed by atoms with Gasteiger partial charge in [-0.2, -0.15) is 0 Å². The maximum atomic E-state index is 13.4. The first-order chi connectivity index (χ1) is 10.0. The van der Waals surface area contributed by atoms with Crippen molar-refractivity contribution in [2.24, 2.45) is 5.73 Å². The first-order valence-electron chi connectivity index (χ1n) is 6.64. The van der Waals surface area contributed by atoms with Crippen LogP contribution in [-0.4, -0.2) is 5.91 Å². The number of carbonyl (C=O) groups is 1. The summed E-state index contributed by atoms with van der Waals surface area (Å²) in [5.41, 5.74) is 7.15. The van der Waals surface area contributed by atoms with Crippen LogP contribution >= 0.6 is 15.9 Å². The van der Waals surface area contributed by atoms with Crippen molar-refractivity contribution in [1.29, 1.82) is 0 Å². The third kappa shape index (κ3) is 2.31. The summed E-state index contributed by atoms with van der Waals surface area (Å²) in [6.07, 6.45) is 1.29. The van der Waals surface area contributed by atoms with Gasteiger partial charge in [0.15, 0.2) is 0 Å². The fraction of sp³-hybridized carbons (Fsp3) is 0.188. The number of amides is 1. The van der Waals surface area contributed by atoms with E-state index < -0.39 is 11.4 Å². The van der Waals surface area contributed by atoms with Crippen LogP contribution in [0.25, 0.3) is 0 Å². The Kier molecular flexibility index (Phi) is 3.45. The van der Waals surface area contributed by atoms with Crippen molar-refractivity contribution in [2.45, 2.75) is 18.4 Å². The molecule has 2 aromatic carbocycles. The number of nitrogens with two attached hydrogens (primary N) is 1. The van der Waals surface area contributed by atoms with Crippen LogP contribution in [-0.2, 0) is 16.8 Å². The Hall–Kier alpha value is -1.88. The van der Waals surface area contributed by atoms with Crippen LogP contribution in [0.5, 0.6) is 0 Å². The average Bonchev–Trinajstić information content (AvgIpc) is 2.81. The van der Waals surface area contributed by atoms with Crippen LogP contribution in [0.15, 0.2) is 46.9 Å². The van der Waals surface area contributed by atoms with E-state index in [-0.39, 0.29) is 5.82 Å². The molecule has 108 valence electrons.